The summed E-state index contributed by atoms with van der Waals surface area (Å²) in [4.78, 5) is 0. The van der Waals surface area contributed by atoms with Gasteiger partial charge in [-0.2, -0.15) is 0 Å². The first-order valence-electron chi connectivity index (χ1n) is 4.42. The third-order valence-electron chi connectivity index (χ3n) is 2.17. The maximum Gasteiger partial charge on any atom is 0.0205 e. The molecular weight excluding hydrogens is 134 g/mol. The van der Waals surface area contributed by atoms with Crippen LogP contribution in [0.4, 0.5) is 0 Å². The molecule has 0 spiro atoms. The van der Waals surface area contributed by atoms with Crippen molar-refractivity contribution >= 4 is 0 Å². The van der Waals surface area contributed by atoms with Gasteiger partial charge in [-0.15, -0.1) is 0 Å². The molecule has 1 rings (SSSR count). The van der Waals surface area contributed by atoms with E-state index in [1.54, 1.807) is 5.57 Å². The predicted octanol–water partition coefficient (Wildman–Crippen LogP) is 2.26. The van der Waals surface area contributed by atoms with Crippen LogP contribution in [0.5, 0.6) is 0 Å². The fourth-order valence-electron chi connectivity index (χ4n) is 1.53. The van der Waals surface area contributed by atoms with Crippen molar-refractivity contribution in [2.24, 2.45) is 0 Å². The molecule has 0 bridgehead atoms. The van der Waals surface area contributed by atoms with Gasteiger partial charge in [0, 0.05) is 6.54 Å². The highest BCUT2D eigenvalue weighted by atomic mass is 14.9. The first-order chi connectivity index (χ1) is 5.38. The summed E-state index contributed by atoms with van der Waals surface area (Å²) in [6.07, 6.45) is 6.79. The highest BCUT2D eigenvalue weighted by molar-refractivity contribution is 5.28. The standard InChI is InChI=1S/C10H17N/c1-3-5-10-8-11-7-6-9(10)4-2/h3,5,11H,4,6-8H2,1-2H3/b5-3-. The number of hydrogen-bond donors (Lipinski definition) is 1. The largest absolute Gasteiger partial charge is 0.312 e. The molecule has 62 valence electrons. The third kappa shape index (κ3) is 2.19. The summed E-state index contributed by atoms with van der Waals surface area (Å²) in [6, 6.07) is 0. The minimum absolute atomic E-state index is 1.06. The zero-order valence-electron chi connectivity index (χ0n) is 7.48. The fraction of sp³-hybridized carbons (Fsp3) is 0.600. The highest BCUT2D eigenvalue weighted by Crippen LogP contribution is 2.16. The van der Waals surface area contributed by atoms with E-state index in [2.05, 4.69) is 31.3 Å². The van der Waals surface area contributed by atoms with Crippen molar-refractivity contribution in [1.29, 1.82) is 0 Å². The normalized spacial score (nSPS) is 19.8. The van der Waals surface area contributed by atoms with Crippen LogP contribution in [-0.4, -0.2) is 13.1 Å². The molecule has 0 unspecified atom stereocenters. The Morgan fingerprint density at radius 2 is 2.36 bits per heavy atom. The van der Waals surface area contributed by atoms with Gasteiger partial charge in [0.2, 0.25) is 0 Å². The van der Waals surface area contributed by atoms with Gasteiger partial charge >= 0.3 is 0 Å². The minimum Gasteiger partial charge on any atom is -0.312 e. The van der Waals surface area contributed by atoms with E-state index in [1.807, 2.05) is 0 Å². The van der Waals surface area contributed by atoms with E-state index in [0.29, 0.717) is 0 Å². The topological polar surface area (TPSA) is 12.0 Å². The van der Waals surface area contributed by atoms with E-state index in [1.165, 1.54) is 18.4 Å². The number of allylic oxidation sites excluding steroid dienone is 1. The van der Waals surface area contributed by atoms with Gasteiger partial charge in [0.1, 0.15) is 0 Å². The van der Waals surface area contributed by atoms with E-state index in [9.17, 15) is 0 Å². The summed E-state index contributed by atoms with van der Waals surface area (Å²) in [5, 5.41) is 3.37. The molecule has 1 heteroatoms. The molecular formula is C10H17N. The van der Waals surface area contributed by atoms with Crippen LogP contribution in [0.25, 0.3) is 0 Å². The Hall–Kier alpha value is -0.560. The quantitative estimate of drug-likeness (QED) is 0.638. The second kappa shape index (κ2) is 4.35. The van der Waals surface area contributed by atoms with Gasteiger partial charge in [0.25, 0.3) is 0 Å². The maximum absolute atomic E-state index is 3.37. The lowest BCUT2D eigenvalue weighted by atomic mass is 9.99. The summed E-state index contributed by atoms with van der Waals surface area (Å²) in [6.45, 7) is 6.54. The van der Waals surface area contributed by atoms with Crippen LogP contribution < -0.4 is 5.32 Å². The molecule has 0 saturated heterocycles. The number of hydrogen-bond acceptors (Lipinski definition) is 1. The van der Waals surface area contributed by atoms with Crippen LogP contribution in [0.3, 0.4) is 0 Å². The Morgan fingerprint density at radius 3 is 3.00 bits per heavy atom. The van der Waals surface area contributed by atoms with E-state index in [0.717, 1.165) is 13.1 Å². The van der Waals surface area contributed by atoms with Gasteiger partial charge in [-0.25, -0.2) is 0 Å². The molecule has 1 aliphatic heterocycles. The van der Waals surface area contributed by atoms with Crippen molar-refractivity contribution in [2.75, 3.05) is 13.1 Å². The fourth-order valence-corrected chi connectivity index (χ4v) is 1.53. The van der Waals surface area contributed by atoms with Gasteiger partial charge in [-0.3, -0.25) is 0 Å². The molecule has 0 fully saturated rings. The Kier molecular flexibility index (Phi) is 3.37. The smallest absolute Gasteiger partial charge is 0.0205 e. The van der Waals surface area contributed by atoms with Crippen LogP contribution in [0.2, 0.25) is 0 Å². The molecule has 0 aromatic rings. The second-order valence-corrected chi connectivity index (χ2v) is 2.91. The first-order valence-corrected chi connectivity index (χ1v) is 4.42. The number of nitrogens with one attached hydrogen (secondary N) is 1. The van der Waals surface area contributed by atoms with Crippen LogP contribution in [-0.2, 0) is 0 Å². The molecule has 11 heavy (non-hydrogen) atoms. The van der Waals surface area contributed by atoms with Crippen LogP contribution in [0.1, 0.15) is 26.7 Å². The predicted molar refractivity (Wildman–Crippen MR) is 49.6 cm³/mol. The van der Waals surface area contributed by atoms with Crippen LogP contribution in [0.15, 0.2) is 23.3 Å². The zero-order valence-corrected chi connectivity index (χ0v) is 7.48. The van der Waals surface area contributed by atoms with Crippen LogP contribution in [0, 0.1) is 0 Å². The van der Waals surface area contributed by atoms with Gasteiger partial charge in [0.05, 0.1) is 0 Å². The molecule has 0 atom stereocenters. The lowest BCUT2D eigenvalue weighted by Gasteiger charge is -2.17. The van der Waals surface area contributed by atoms with Crippen molar-refractivity contribution in [3.05, 3.63) is 23.3 Å². The third-order valence-corrected chi connectivity index (χ3v) is 2.17. The Balaban J connectivity index is 2.72. The molecule has 0 amide bonds. The molecule has 0 aromatic carbocycles. The summed E-state index contributed by atoms with van der Waals surface area (Å²) in [5.74, 6) is 0. The Bertz CT molecular complexity index is 177. The van der Waals surface area contributed by atoms with Gasteiger partial charge in [0.15, 0.2) is 0 Å². The van der Waals surface area contributed by atoms with Gasteiger partial charge < -0.3 is 5.32 Å². The molecule has 0 saturated carbocycles. The summed E-state index contributed by atoms with van der Waals surface area (Å²) in [5.41, 5.74) is 3.13. The zero-order chi connectivity index (χ0) is 8.10. The van der Waals surface area contributed by atoms with Crippen molar-refractivity contribution in [3.8, 4) is 0 Å². The van der Waals surface area contributed by atoms with E-state index >= 15 is 0 Å². The van der Waals surface area contributed by atoms with E-state index < -0.39 is 0 Å². The molecule has 1 heterocycles. The van der Waals surface area contributed by atoms with Crippen molar-refractivity contribution < 1.29 is 0 Å². The molecule has 0 radical (unpaired) electrons. The van der Waals surface area contributed by atoms with E-state index in [4.69, 9.17) is 0 Å². The van der Waals surface area contributed by atoms with Crippen molar-refractivity contribution in [2.45, 2.75) is 26.7 Å². The lowest BCUT2D eigenvalue weighted by molar-refractivity contribution is 0.671. The minimum atomic E-state index is 1.06. The monoisotopic (exact) mass is 151 g/mol. The van der Waals surface area contributed by atoms with Gasteiger partial charge in [-0.05, 0) is 31.9 Å². The molecule has 0 aliphatic carbocycles. The number of rotatable bonds is 2. The van der Waals surface area contributed by atoms with Crippen molar-refractivity contribution in [3.63, 3.8) is 0 Å². The van der Waals surface area contributed by atoms with Gasteiger partial charge in [-0.1, -0.05) is 24.6 Å². The van der Waals surface area contributed by atoms with Crippen molar-refractivity contribution in [1.82, 2.24) is 5.32 Å². The molecule has 1 N–H and O–H groups in total. The summed E-state index contributed by atoms with van der Waals surface area (Å²) < 4.78 is 0. The Labute approximate surface area is 69.2 Å². The lowest BCUT2D eigenvalue weighted by Crippen LogP contribution is -2.24. The molecule has 1 nitrogen and oxygen atoms in total. The second-order valence-electron chi connectivity index (χ2n) is 2.91. The molecule has 1 aliphatic rings. The Morgan fingerprint density at radius 1 is 1.55 bits per heavy atom. The van der Waals surface area contributed by atoms with E-state index in [-0.39, 0.29) is 0 Å². The first kappa shape index (κ1) is 8.54. The average molecular weight is 151 g/mol. The summed E-state index contributed by atoms with van der Waals surface area (Å²) in [7, 11) is 0. The average Bonchev–Trinajstić information content (AvgIpc) is 2.06. The SMILES string of the molecule is C/C=C\C1=C(CC)CCNC1. The molecule has 0 aromatic heterocycles. The summed E-state index contributed by atoms with van der Waals surface area (Å²) >= 11 is 0. The maximum atomic E-state index is 3.37. The van der Waals surface area contributed by atoms with Crippen LogP contribution >= 0.6 is 0 Å². The highest BCUT2D eigenvalue weighted by Gasteiger charge is 2.06.